The molecule has 1 unspecified atom stereocenters. The second-order valence-electron chi connectivity index (χ2n) is 7.93. The minimum atomic E-state index is 0.703. The Balaban J connectivity index is 1.54. The van der Waals surface area contributed by atoms with E-state index in [0.29, 0.717) is 11.2 Å². The van der Waals surface area contributed by atoms with E-state index in [9.17, 15) is 0 Å². The lowest BCUT2D eigenvalue weighted by Gasteiger charge is -2.36. The molecule has 0 spiro atoms. The number of hydrogen-bond donors (Lipinski definition) is 1. The van der Waals surface area contributed by atoms with E-state index in [0.717, 1.165) is 63.8 Å². The first-order valence-electron chi connectivity index (χ1n) is 10.7. The number of aromatic nitrogens is 3. The number of rotatable bonds is 6. The summed E-state index contributed by atoms with van der Waals surface area (Å²) in [5.74, 6) is 5.33. The molecule has 1 N–H and O–H groups in total. The van der Waals surface area contributed by atoms with Crippen molar-refractivity contribution in [2.45, 2.75) is 71.1 Å². The molecular weight excluding hydrogens is 356 g/mol. The summed E-state index contributed by atoms with van der Waals surface area (Å²) in [7, 11) is 0. The minimum Gasteiger partial charge on any atom is -0.357 e. The van der Waals surface area contributed by atoms with E-state index in [2.05, 4.69) is 57.5 Å². The summed E-state index contributed by atoms with van der Waals surface area (Å²) in [5, 5.41) is 13.1. The van der Waals surface area contributed by atoms with Crippen molar-refractivity contribution in [1.82, 2.24) is 25.0 Å². The number of fused-ring (bicyclic) bond motifs is 1. The fourth-order valence-electron chi connectivity index (χ4n) is 3.85. The lowest BCUT2D eigenvalue weighted by molar-refractivity contribution is 0.380. The van der Waals surface area contributed by atoms with Crippen LogP contribution in [0.25, 0.3) is 0 Å². The molecule has 152 valence electrons. The monoisotopic (exact) mass is 392 g/mol. The van der Waals surface area contributed by atoms with Gasteiger partial charge in [-0.15, -0.1) is 10.2 Å². The molecule has 1 saturated heterocycles. The van der Waals surface area contributed by atoms with Gasteiger partial charge in [-0.2, -0.15) is 11.8 Å². The van der Waals surface area contributed by atoms with Gasteiger partial charge in [-0.1, -0.05) is 20.3 Å². The topological polar surface area (TPSA) is 58.3 Å². The Kier molecular flexibility index (Phi) is 7.85. The molecule has 2 aliphatic heterocycles. The van der Waals surface area contributed by atoms with Gasteiger partial charge in [-0.05, 0) is 32.1 Å². The first kappa shape index (κ1) is 20.5. The minimum absolute atomic E-state index is 0.703. The van der Waals surface area contributed by atoms with Crippen LogP contribution >= 0.6 is 11.8 Å². The molecule has 1 fully saturated rings. The van der Waals surface area contributed by atoms with Gasteiger partial charge in [0.2, 0.25) is 0 Å². The number of thioether (sulfide) groups is 1. The number of nitrogens with one attached hydrogen (secondary N) is 1. The molecule has 0 radical (unpaired) electrons. The van der Waals surface area contributed by atoms with Crippen LogP contribution in [-0.2, 0) is 19.4 Å². The van der Waals surface area contributed by atoms with E-state index < -0.39 is 0 Å². The third-order valence-electron chi connectivity index (χ3n) is 5.48. The van der Waals surface area contributed by atoms with Crippen molar-refractivity contribution in [3.63, 3.8) is 0 Å². The largest absolute Gasteiger partial charge is 0.357 e. The number of hydrogen-bond acceptors (Lipinski definition) is 4. The molecule has 3 rings (SSSR count). The first-order valence-corrected chi connectivity index (χ1v) is 11.8. The van der Waals surface area contributed by atoms with Gasteiger partial charge in [0.05, 0.1) is 0 Å². The van der Waals surface area contributed by atoms with Crippen molar-refractivity contribution in [3.8, 4) is 0 Å². The molecule has 7 heteroatoms. The number of aryl methyl sites for hydroxylation is 2. The van der Waals surface area contributed by atoms with E-state index >= 15 is 0 Å². The van der Waals surface area contributed by atoms with Crippen LogP contribution < -0.4 is 5.32 Å². The van der Waals surface area contributed by atoms with Crippen molar-refractivity contribution in [3.05, 3.63) is 11.6 Å². The quantitative estimate of drug-likeness (QED) is 0.458. The van der Waals surface area contributed by atoms with Gasteiger partial charge in [-0.3, -0.25) is 4.99 Å². The Morgan fingerprint density at radius 3 is 2.96 bits per heavy atom. The Morgan fingerprint density at radius 1 is 1.26 bits per heavy atom. The van der Waals surface area contributed by atoms with Gasteiger partial charge in [0, 0.05) is 56.6 Å². The number of guanidine groups is 1. The first-order chi connectivity index (χ1) is 13.2. The highest BCUT2D eigenvalue weighted by Crippen LogP contribution is 2.25. The third kappa shape index (κ3) is 5.62. The molecule has 0 amide bonds. The molecule has 0 bridgehead atoms. The van der Waals surface area contributed by atoms with E-state index in [1.54, 1.807) is 0 Å². The van der Waals surface area contributed by atoms with Crippen LogP contribution in [0.5, 0.6) is 0 Å². The highest BCUT2D eigenvalue weighted by molar-refractivity contribution is 8.00. The zero-order valence-electron chi connectivity index (χ0n) is 17.3. The van der Waals surface area contributed by atoms with Gasteiger partial charge >= 0.3 is 0 Å². The molecule has 2 aliphatic rings. The third-order valence-corrected chi connectivity index (χ3v) is 7.02. The molecule has 1 aromatic rings. The average Bonchev–Trinajstić information content (AvgIpc) is 2.90. The Hall–Kier alpha value is -1.24. The standard InChI is InChI=1S/C20H36N6S/c1-4-21-20(25-13-14-27-17(15-25)16(2)3)22-11-8-10-19-24-23-18-9-6-5-7-12-26(18)19/h16-17H,4-15H2,1-3H3,(H,21,22). The predicted molar refractivity (Wildman–Crippen MR) is 115 cm³/mol. The Morgan fingerprint density at radius 2 is 2.15 bits per heavy atom. The van der Waals surface area contributed by atoms with Crippen LogP contribution in [0.4, 0.5) is 0 Å². The molecule has 1 atom stereocenters. The number of nitrogens with zero attached hydrogens (tertiary/aromatic N) is 5. The van der Waals surface area contributed by atoms with E-state index in [4.69, 9.17) is 4.99 Å². The van der Waals surface area contributed by atoms with Crippen molar-refractivity contribution in [2.24, 2.45) is 10.9 Å². The number of aliphatic imine (C=N–C) groups is 1. The predicted octanol–water partition coefficient (Wildman–Crippen LogP) is 2.98. The van der Waals surface area contributed by atoms with Crippen LogP contribution in [0, 0.1) is 5.92 Å². The smallest absolute Gasteiger partial charge is 0.193 e. The SMILES string of the molecule is CCNC(=NCCCc1nnc2n1CCCCC2)N1CCSC(C(C)C)C1. The Bertz CT molecular complexity index is 612. The summed E-state index contributed by atoms with van der Waals surface area (Å²) >= 11 is 2.11. The van der Waals surface area contributed by atoms with Gasteiger partial charge in [-0.25, -0.2) is 0 Å². The zero-order chi connectivity index (χ0) is 19.1. The summed E-state index contributed by atoms with van der Waals surface area (Å²) < 4.78 is 2.36. The maximum atomic E-state index is 4.93. The molecule has 27 heavy (non-hydrogen) atoms. The summed E-state index contributed by atoms with van der Waals surface area (Å²) in [5.41, 5.74) is 0. The van der Waals surface area contributed by atoms with Crippen molar-refractivity contribution in [1.29, 1.82) is 0 Å². The van der Waals surface area contributed by atoms with E-state index in [1.165, 1.54) is 30.8 Å². The maximum Gasteiger partial charge on any atom is 0.193 e. The summed E-state index contributed by atoms with van der Waals surface area (Å²) in [6.45, 7) is 11.9. The fraction of sp³-hybridized carbons (Fsp3) is 0.850. The fourth-order valence-corrected chi connectivity index (χ4v) is 5.15. The maximum absolute atomic E-state index is 4.93. The van der Waals surface area contributed by atoms with Gasteiger partial charge in [0.1, 0.15) is 11.6 Å². The van der Waals surface area contributed by atoms with Crippen molar-refractivity contribution in [2.75, 3.05) is 31.9 Å². The van der Waals surface area contributed by atoms with E-state index in [1.807, 2.05) is 0 Å². The van der Waals surface area contributed by atoms with E-state index in [-0.39, 0.29) is 0 Å². The lowest BCUT2D eigenvalue weighted by Crippen LogP contribution is -2.49. The molecule has 1 aromatic heterocycles. The molecule has 0 saturated carbocycles. The van der Waals surface area contributed by atoms with Gasteiger partial charge in [0.15, 0.2) is 5.96 Å². The Labute approximate surface area is 168 Å². The molecule has 3 heterocycles. The normalized spacial score (nSPS) is 21.3. The average molecular weight is 393 g/mol. The van der Waals surface area contributed by atoms with Crippen molar-refractivity contribution >= 4 is 17.7 Å². The van der Waals surface area contributed by atoms with Crippen LogP contribution in [0.15, 0.2) is 4.99 Å². The van der Waals surface area contributed by atoms with Crippen LogP contribution in [0.1, 0.15) is 58.1 Å². The lowest BCUT2D eigenvalue weighted by atomic mass is 10.1. The second-order valence-corrected chi connectivity index (χ2v) is 9.28. The van der Waals surface area contributed by atoms with Gasteiger partial charge in [0.25, 0.3) is 0 Å². The second kappa shape index (κ2) is 10.3. The van der Waals surface area contributed by atoms with Crippen LogP contribution in [0.2, 0.25) is 0 Å². The van der Waals surface area contributed by atoms with Gasteiger partial charge < -0.3 is 14.8 Å². The van der Waals surface area contributed by atoms with Crippen molar-refractivity contribution < 1.29 is 0 Å². The zero-order valence-corrected chi connectivity index (χ0v) is 18.1. The van der Waals surface area contributed by atoms with Crippen LogP contribution in [0.3, 0.4) is 0 Å². The highest BCUT2D eigenvalue weighted by atomic mass is 32.2. The molecule has 6 nitrogen and oxygen atoms in total. The van der Waals surface area contributed by atoms with Crippen LogP contribution in [-0.4, -0.2) is 62.8 Å². The summed E-state index contributed by atoms with van der Waals surface area (Å²) in [6.07, 6.45) is 6.90. The molecule has 0 aliphatic carbocycles. The summed E-state index contributed by atoms with van der Waals surface area (Å²) in [6, 6.07) is 0. The summed E-state index contributed by atoms with van der Waals surface area (Å²) in [4.78, 5) is 7.38. The highest BCUT2D eigenvalue weighted by Gasteiger charge is 2.24. The molecule has 0 aromatic carbocycles. The molecular formula is C20H36N6S.